The molecule has 0 saturated carbocycles. The molecule has 2 aromatic heterocycles. The van der Waals surface area contributed by atoms with Gasteiger partial charge in [0.25, 0.3) is 11.8 Å². The van der Waals surface area contributed by atoms with Gasteiger partial charge < -0.3 is 15.6 Å². The Hall–Kier alpha value is -2.96. The van der Waals surface area contributed by atoms with Gasteiger partial charge in [0.05, 0.1) is 4.90 Å². The van der Waals surface area contributed by atoms with E-state index in [1.165, 1.54) is 35.3 Å². The molecule has 0 aliphatic carbocycles. The summed E-state index contributed by atoms with van der Waals surface area (Å²) in [5, 5.41) is 0. The van der Waals surface area contributed by atoms with Crippen LogP contribution >= 0.6 is 11.3 Å². The number of amides is 2. The number of carbonyl (C=O) groups excluding carboxylic acids is 2. The summed E-state index contributed by atoms with van der Waals surface area (Å²) in [5.41, 5.74) is 7.48. The average Bonchev–Trinajstić information content (AvgIpc) is 3.27. The van der Waals surface area contributed by atoms with Gasteiger partial charge >= 0.3 is 0 Å². The number of sulfone groups is 2. The third kappa shape index (κ3) is 4.72. The number of fused-ring (bicyclic) bond motifs is 1. The van der Waals surface area contributed by atoms with Crippen molar-refractivity contribution < 1.29 is 26.4 Å². The van der Waals surface area contributed by atoms with Crippen molar-refractivity contribution in [3.63, 3.8) is 0 Å². The summed E-state index contributed by atoms with van der Waals surface area (Å²) in [6.07, 6.45) is 2.38. The van der Waals surface area contributed by atoms with Crippen molar-refractivity contribution >= 4 is 42.8 Å². The molecule has 0 radical (unpaired) electrons. The van der Waals surface area contributed by atoms with E-state index in [-0.39, 0.29) is 37.5 Å². The first kappa shape index (κ1) is 26.1. The fourth-order valence-electron chi connectivity index (χ4n) is 4.52. The van der Waals surface area contributed by atoms with Crippen molar-refractivity contribution in [1.29, 1.82) is 0 Å². The normalized spacial score (nSPS) is 14.4. The number of H-pyrrole nitrogens is 1. The van der Waals surface area contributed by atoms with Crippen molar-refractivity contribution in [2.24, 2.45) is 5.73 Å². The topological polar surface area (TPSA) is 147 Å². The van der Waals surface area contributed by atoms with Crippen LogP contribution in [0.2, 0.25) is 0 Å². The molecule has 36 heavy (non-hydrogen) atoms. The molecule has 3 N–H and O–H groups in total. The maximum absolute atomic E-state index is 13.6. The Labute approximate surface area is 214 Å². The fourth-order valence-corrected chi connectivity index (χ4v) is 8.57. The second-order valence-corrected chi connectivity index (χ2v) is 14.4. The maximum atomic E-state index is 13.6. The van der Waals surface area contributed by atoms with Gasteiger partial charge in [0, 0.05) is 24.2 Å². The molecule has 9 nitrogen and oxygen atoms in total. The van der Waals surface area contributed by atoms with Gasteiger partial charge in [0.2, 0.25) is 9.84 Å². The summed E-state index contributed by atoms with van der Waals surface area (Å²) in [6.45, 7) is 5.57. The van der Waals surface area contributed by atoms with E-state index >= 15 is 0 Å². The van der Waals surface area contributed by atoms with Crippen LogP contribution in [0.5, 0.6) is 0 Å². The number of aryl methyl sites for hydroxylation is 3. The lowest BCUT2D eigenvalue weighted by Gasteiger charge is -2.20. The molecule has 3 aromatic rings. The SMILES string of the molecule is Cc1cc(C)cc(S(=O)(=O)c2c(C(N)=O)[nH]c(C(=O)N3CCCc4sc(S(C)(=O)=O)cc4C3)c2C)c1. The van der Waals surface area contributed by atoms with Crippen LogP contribution in [0.1, 0.15) is 54.5 Å². The second-order valence-electron chi connectivity index (χ2n) is 9.14. The highest BCUT2D eigenvalue weighted by atomic mass is 32.2. The first-order valence-electron chi connectivity index (χ1n) is 11.2. The van der Waals surface area contributed by atoms with Gasteiger partial charge in [-0.3, -0.25) is 9.59 Å². The van der Waals surface area contributed by atoms with Gasteiger partial charge in [-0.15, -0.1) is 11.3 Å². The highest BCUT2D eigenvalue weighted by Crippen LogP contribution is 2.34. The van der Waals surface area contributed by atoms with E-state index in [2.05, 4.69) is 4.98 Å². The molecule has 4 rings (SSSR count). The summed E-state index contributed by atoms with van der Waals surface area (Å²) in [5.74, 6) is -1.48. The van der Waals surface area contributed by atoms with Gasteiger partial charge in [-0.05, 0) is 74.1 Å². The molecule has 0 unspecified atom stereocenters. The van der Waals surface area contributed by atoms with Gasteiger partial charge in [0.1, 0.15) is 20.5 Å². The lowest BCUT2D eigenvalue weighted by molar-refractivity contribution is 0.0739. The number of thiophene rings is 1. The Morgan fingerprint density at radius 1 is 1.00 bits per heavy atom. The van der Waals surface area contributed by atoms with Crippen LogP contribution in [-0.4, -0.2) is 51.3 Å². The van der Waals surface area contributed by atoms with E-state index < -0.39 is 31.5 Å². The number of benzene rings is 1. The average molecular weight is 550 g/mol. The minimum Gasteiger partial charge on any atom is -0.364 e. The minimum absolute atomic E-state index is 0.00888. The number of nitrogens with two attached hydrogens (primary N) is 1. The predicted molar refractivity (Wildman–Crippen MR) is 136 cm³/mol. The van der Waals surface area contributed by atoms with Crippen LogP contribution in [-0.2, 0) is 32.6 Å². The summed E-state index contributed by atoms with van der Waals surface area (Å²) in [7, 11) is -7.55. The molecule has 0 spiro atoms. The molecule has 1 aromatic carbocycles. The Bertz CT molecular complexity index is 1590. The molecule has 0 saturated heterocycles. The predicted octanol–water partition coefficient (Wildman–Crippen LogP) is 2.93. The highest BCUT2D eigenvalue weighted by molar-refractivity contribution is 7.92. The van der Waals surface area contributed by atoms with Crippen molar-refractivity contribution in [2.75, 3.05) is 12.8 Å². The minimum atomic E-state index is -4.17. The molecule has 192 valence electrons. The Balaban J connectivity index is 1.77. The van der Waals surface area contributed by atoms with E-state index in [1.807, 2.05) is 6.07 Å². The molecule has 12 heteroatoms. The standard InChI is InChI=1S/C24H27N3O6S3/c1-13-8-14(2)10-17(9-13)36(32,33)22-15(3)20(26-21(22)23(25)28)24(29)27-7-5-6-18-16(12-27)11-19(34-18)35(4,30)31/h8-11,26H,5-7,12H2,1-4H3,(H2,25,28). The number of hydrogen-bond donors (Lipinski definition) is 2. The smallest absolute Gasteiger partial charge is 0.270 e. The Kier molecular flexibility index (Phi) is 6.65. The summed E-state index contributed by atoms with van der Waals surface area (Å²) < 4.78 is 51.5. The van der Waals surface area contributed by atoms with E-state index in [4.69, 9.17) is 5.73 Å². The third-order valence-electron chi connectivity index (χ3n) is 6.15. The molecule has 3 heterocycles. The van der Waals surface area contributed by atoms with E-state index in [0.717, 1.165) is 27.8 Å². The first-order chi connectivity index (χ1) is 16.7. The largest absolute Gasteiger partial charge is 0.364 e. The summed E-state index contributed by atoms with van der Waals surface area (Å²) in [6, 6.07) is 6.44. The van der Waals surface area contributed by atoms with Gasteiger partial charge in [-0.1, -0.05) is 6.07 Å². The molecule has 0 atom stereocenters. The summed E-state index contributed by atoms with van der Waals surface area (Å²) in [4.78, 5) is 30.7. The van der Waals surface area contributed by atoms with E-state index in [1.54, 1.807) is 19.9 Å². The number of hydrogen-bond acceptors (Lipinski definition) is 7. The number of aromatic nitrogens is 1. The third-order valence-corrected chi connectivity index (χ3v) is 11.1. The zero-order valence-corrected chi connectivity index (χ0v) is 22.8. The lowest BCUT2D eigenvalue weighted by atomic mass is 10.2. The second kappa shape index (κ2) is 9.16. The Morgan fingerprint density at radius 3 is 2.22 bits per heavy atom. The molecule has 0 fully saturated rings. The zero-order chi connectivity index (χ0) is 26.6. The summed E-state index contributed by atoms with van der Waals surface area (Å²) >= 11 is 1.21. The number of rotatable bonds is 5. The van der Waals surface area contributed by atoms with Crippen LogP contribution in [0.3, 0.4) is 0 Å². The van der Waals surface area contributed by atoms with Crippen molar-refractivity contribution in [3.8, 4) is 0 Å². The van der Waals surface area contributed by atoms with Gasteiger partial charge in [-0.2, -0.15) is 0 Å². The first-order valence-corrected chi connectivity index (χ1v) is 15.4. The quantitative estimate of drug-likeness (QED) is 0.500. The van der Waals surface area contributed by atoms with Crippen LogP contribution < -0.4 is 5.73 Å². The number of nitrogens with one attached hydrogen (secondary N) is 1. The number of carbonyl (C=O) groups is 2. The molecule has 1 aliphatic rings. The lowest BCUT2D eigenvalue weighted by Crippen LogP contribution is -2.31. The van der Waals surface area contributed by atoms with E-state index in [9.17, 15) is 26.4 Å². The fraction of sp³-hybridized carbons (Fsp3) is 0.333. The Morgan fingerprint density at radius 2 is 1.64 bits per heavy atom. The number of nitrogens with zero attached hydrogens (tertiary/aromatic N) is 1. The number of primary amides is 1. The van der Waals surface area contributed by atoms with Crippen molar-refractivity contribution in [3.05, 3.63) is 62.8 Å². The van der Waals surface area contributed by atoms with Gasteiger partial charge in [-0.25, -0.2) is 16.8 Å². The van der Waals surface area contributed by atoms with E-state index in [0.29, 0.717) is 19.4 Å². The van der Waals surface area contributed by atoms with Crippen LogP contribution in [0.15, 0.2) is 38.3 Å². The van der Waals surface area contributed by atoms with Crippen LogP contribution in [0.4, 0.5) is 0 Å². The molecule has 2 amide bonds. The maximum Gasteiger partial charge on any atom is 0.270 e. The van der Waals surface area contributed by atoms with Gasteiger partial charge in [0.15, 0.2) is 9.84 Å². The molecule has 0 bridgehead atoms. The van der Waals surface area contributed by atoms with Crippen LogP contribution in [0.25, 0.3) is 0 Å². The van der Waals surface area contributed by atoms with Crippen LogP contribution in [0, 0.1) is 20.8 Å². The zero-order valence-electron chi connectivity index (χ0n) is 20.3. The van der Waals surface area contributed by atoms with Crippen molar-refractivity contribution in [2.45, 2.75) is 54.2 Å². The highest BCUT2D eigenvalue weighted by Gasteiger charge is 2.34. The van der Waals surface area contributed by atoms with Crippen molar-refractivity contribution in [1.82, 2.24) is 9.88 Å². The monoisotopic (exact) mass is 549 g/mol. The molecular weight excluding hydrogens is 522 g/mol. The molecular formula is C24H27N3O6S3. The molecule has 1 aliphatic heterocycles. The number of aromatic amines is 1.